The summed E-state index contributed by atoms with van der Waals surface area (Å²) in [6.07, 6.45) is 0. The Bertz CT molecular complexity index is 480. The molecule has 0 unspecified atom stereocenters. The van der Waals surface area contributed by atoms with Crippen LogP contribution in [0.2, 0.25) is 0 Å². The first-order chi connectivity index (χ1) is 8.47. The molecule has 0 saturated carbocycles. The normalized spacial score (nSPS) is 10.0. The molecule has 0 fully saturated rings. The van der Waals surface area contributed by atoms with Crippen LogP contribution < -0.4 is 4.74 Å². The SMILES string of the molecule is CC(C)N(C)C(=O)COc1cccc(F)c1C#N. The molecule has 0 atom stereocenters. The first kappa shape index (κ1) is 14.0. The number of nitrogens with zero attached hydrogens (tertiary/aromatic N) is 2. The molecule has 96 valence electrons. The van der Waals surface area contributed by atoms with E-state index in [0.29, 0.717) is 0 Å². The Morgan fingerprint density at radius 3 is 2.78 bits per heavy atom. The lowest BCUT2D eigenvalue weighted by molar-refractivity contribution is -0.133. The van der Waals surface area contributed by atoms with Gasteiger partial charge in [0.15, 0.2) is 6.61 Å². The summed E-state index contributed by atoms with van der Waals surface area (Å²) in [5.41, 5.74) is -0.183. The van der Waals surface area contributed by atoms with E-state index in [2.05, 4.69) is 0 Å². The molecule has 0 radical (unpaired) electrons. The number of hydrogen-bond acceptors (Lipinski definition) is 3. The molecule has 0 aliphatic carbocycles. The Hall–Kier alpha value is -2.09. The van der Waals surface area contributed by atoms with E-state index in [1.54, 1.807) is 13.1 Å². The van der Waals surface area contributed by atoms with Crippen molar-refractivity contribution in [3.05, 3.63) is 29.6 Å². The van der Waals surface area contributed by atoms with Crippen molar-refractivity contribution in [1.29, 1.82) is 5.26 Å². The van der Waals surface area contributed by atoms with Gasteiger partial charge in [-0.1, -0.05) is 6.07 Å². The molecule has 0 saturated heterocycles. The predicted octanol–water partition coefficient (Wildman–Crippen LogP) is 1.94. The van der Waals surface area contributed by atoms with Crippen LogP contribution in [0, 0.1) is 17.1 Å². The van der Waals surface area contributed by atoms with Crippen molar-refractivity contribution in [3.8, 4) is 11.8 Å². The van der Waals surface area contributed by atoms with Gasteiger partial charge in [-0.3, -0.25) is 4.79 Å². The largest absolute Gasteiger partial charge is 0.482 e. The van der Waals surface area contributed by atoms with Crippen LogP contribution in [0.15, 0.2) is 18.2 Å². The summed E-state index contributed by atoms with van der Waals surface area (Å²) in [7, 11) is 1.66. The van der Waals surface area contributed by atoms with Crippen molar-refractivity contribution in [2.24, 2.45) is 0 Å². The molecule has 0 aliphatic rings. The smallest absolute Gasteiger partial charge is 0.260 e. The van der Waals surface area contributed by atoms with E-state index in [9.17, 15) is 9.18 Å². The first-order valence-electron chi connectivity index (χ1n) is 5.54. The Balaban J connectivity index is 2.73. The molecule has 0 aliphatic heterocycles. The summed E-state index contributed by atoms with van der Waals surface area (Å²) < 4.78 is 18.5. The highest BCUT2D eigenvalue weighted by Crippen LogP contribution is 2.20. The van der Waals surface area contributed by atoms with Gasteiger partial charge in [-0.15, -0.1) is 0 Å². The van der Waals surface area contributed by atoms with E-state index in [1.165, 1.54) is 23.1 Å². The topological polar surface area (TPSA) is 53.3 Å². The second kappa shape index (κ2) is 6.01. The highest BCUT2D eigenvalue weighted by atomic mass is 19.1. The maximum Gasteiger partial charge on any atom is 0.260 e. The van der Waals surface area contributed by atoms with Gasteiger partial charge in [-0.2, -0.15) is 5.26 Å². The molecule has 0 heterocycles. The van der Waals surface area contributed by atoms with Crippen molar-refractivity contribution in [2.45, 2.75) is 19.9 Å². The van der Waals surface area contributed by atoms with E-state index < -0.39 is 5.82 Å². The van der Waals surface area contributed by atoms with Crippen molar-refractivity contribution < 1.29 is 13.9 Å². The molecular formula is C13H15FN2O2. The maximum absolute atomic E-state index is 13.3. The number of carbonyl (C=O) groups excluding carboxylic acids is 1. The van der Waals surface area contributed by atoms with E-state index in [4.69, 9.17) is 10.00 Å². The van der Waals surface area contributed by atoms with Crippen LogP contribution in [0.3, 0.4) is 0 Å². The minimum absolute atomic E-state index is 0.0593. The van der Waals surface area contributed by atoms with E-state index in [0.717, 1.165) is 0 Å². The molecule has 0 N–H and O–H groups in total. The summed E-state index contributed by atoms with van der Waals surface area (Å²) in [6.45, 7) is 3.54. The number of rotatable bonds is 4. The zero-order chi connectivity index (χ0) is 13.7. The Morgan fingerprint density at radius 2 is 2.22 bits per heavy atom. The summed E-state index contributed by atoms with van der Waals surface area (Å²) in [6, 6.07) is 5.84. The predicted molar refractivity (Wildman–Crippen MR) is 64.5 cm³/mol. The molecule has 1 rings (SSSR count). The third-order valence-corrected chi connectivity index (χ3v) is 2.61. The van der Waals surface area contributed by atoms with Crippen LogP contribution >= 0.6 is 0 Å². The van der Waals surface area contributed by atoms with Crippen molar-refractivity contribution in [1.82, 2.24) is 4.90 Å². The Morgan fingerprint density at radius 1 is 1.56 bits per heavy atom. The van der Waals surface area contributed by atoms with Gasteiger partial charge in [-0.25, -0.2) is 4.39 Å². The second-order valence-electron chi connectivity index (χ2n) is 4.11. The number of nitriles is 1. The number of amides is 1. The van der Waals surface area contributed by atoms with Gasteiger partial charge in [0, 0.05) is 13.1 Å². The molecule has 18 heavy (non-hydrogen) atoms. The van der Waals surface area contributed by atoms with Crippen molar-refractivity contribution in [2.75, 3.05) is 13.7 Å². The van der Waals surface area contributed by atoms with Crippen LogP contribution in [-0.4, -0.2) is 30.5 Å². The highest BCUT2D eigenvalue weighted by molar-refractivity contribution is 5.77. The molecule has 1 aromatic rings. The lowest BCUT2D eigenvalue weighted by Crippen LogP contribution is -2.36. The van der Waals surface area contributed by atoms with Gasteiger partial charge in [0.1, 0.15) is 23.2 Å². The average Bonchev–Trinajstić information content (AvgIpc) is 2.34. The van der Waals surface area contributed by atoms with Crippen molar-refractivity contribution in [3.63, 3.8) is 0 Å². The minimum Gasteiger partial charge on any atom is -0.482 e. The average molecular weight is 250 g/mol. The summed E-state index contributed by atoms with van der Waals surface area (Å²) >= 11 is 0. The first-order valence-corrected chi connectivity index (χ1v) is 5.54. The monoisotopic (exact) mass is 250 g/mol. The number of ether oxygens (including phenoxy) is 1. The lowest BCUT2D eigenvalue weighted by Gasteiger charge is -2.21. The van der Waals surface area contributed by atoms with Gasteiger partial charge in [0.2, 0.25) is 0 Å². The van der Waals surface area contributed by atoms with Crippen LogP contribution in [0.1, 0.15) is 19.4 Å². The summed E-state index contributed by atoms with van der Waals surface area (Å²) in [5.74, 6) is -0.791. The quantitative estimate of drug-likeness (QED) is 0.820. The van der Waals surface area contributed by atoms with E-state index >= 15 is 0 Å². The summed E-state index contributed by atoms with van der Waals surface area (Å²) in [5, 5.41) is 8.80. The zero-order valence-corrected chi connectivity index (χ0v) is 10.6. The number of hydrogen-bond donors (Lipinski definition) is 0. The molecule has 4 nitrogen and oxygen atoms in total. The summed E-state index contributed by atoms with van der Waals surface area (Å²) in [4.78, 5) is 13.2. The fourth-order valence-electron chi connectivity index (χ4n) is 1.26. The maximum atomic E-state index is 13.3. The van der Waals surface area contributed by atoms with Gasteiger partial charge in [0.25, 0.3) is 5.91 Å². The third-order valence-electron chi connectivity index (χ3n) is 2.61. The second-order valence-corrected chi connectivity index (χ2v) is 4.11. The van der Waals surface area contributed by atoms with Gasteiger partial charge < -0.3 is 9.64 Å². The lowest BCUT2D eigenvalue weighted by atomic mass is 10.2. The van der Waals surface area contributed by atoms with Gasteiger partial charge >= 0.3 is 0 Å². The number of halogens is 1. The Labute approximate surface area is 106 Å². The Kier molecular flexibility index (Phi) is 4.67. The zero-order valence-electron chi connectivity index (χ0n) is 10.6. The molecule has 5 heteroatoms. The van der Waals surface area contributed by atoms with Crippen LogP contribution in [0.4, 0.5) is 4.39 Å². The number of likely N-dealkylation sites (N-methyl/N-ethyl adjacent to an activating group) is 1. The fraction of sp³-hybridized carbons (Fsp3) is 0.385. The fourth-order valence-corrected chi connectivity index (χ4v) is 1.26. The van der Waals surface area contributed by atoms with Crippen molar-refractivity contribution >= 4 is 5.91 Å². The van der Waals surface area contributed by atoms with Crippen LogP contribution in [0.5, 0.6) is 5.75 Å². The standard InChI is InChI=1S/C13H15FN2O2/c1-9(2)16(3)13(17)8-18-12-6-4-5-11(14)10(12)7-15/h4-6,9H,8H2,1-3H3. The van der Waals surface area contributed by atoms with Crippen LogP contribution in [0.25, 0.3) is 0 Å². The molecule has 1 amide bonds. The molecule has 0 aromatic heterocycles. The van der Waals surface area contributed by atoms with E-state index in [1.807, 2.05) is 13.8 Å². The minimum atomic E-state index is -0.653. The molecule has 0 bridgehead atoms. The third kappa shape index (κ3) is 3.20. The molecule has 1 aromatic carbocycles. The van der Waals surface area contributed by atoms with Crippen LogP contribution in [-0.2, 0) is 4.79 Å². The highest BCUT2D eigenvalue weighted by Gasteiger charge is 2.14. The molecule has 0 spiro atoms. The molecular weight excluding hydrogens is 235 g/mol. The number of carbonyl (C=O) groups is 1. The number of benzene rings is 1. The van der Waals surface area contributed by atoms with Gasteiger partial charge in [0.05, 0.1) is 0 Å². The van der Waals surface area contributed by atoms with Gasteiger partial charge in [-0.05, 0) is 26.0 Å². The van der Waals surface area contributed by atoms with E-state index in [-0.39, 0.29) is 29.9 Å².